The number of ether oxygens (including phenoxy) is 3. The van der Waals surface area contributed by atoms with Crippen LogP contribution in [0.3, 0.4) is 0 Å². The van der Waals surface area contributed by atoms with Crippen LogP contribution >= 0.6 is 0 Å². The molecule has 0 heterocycles. The zero-order chi connectivity index (χ0) is 16.7. The molecule has 6 nitrogen and oxygen atoms in total. The largest absolute Gasteiger partial charge is 0.493 e. The van der Waals surface area contributed by atoms with Gasteiger partial charge in [0.05, 0.1) is 7.11 Å². The van der Waals surface area contributed by atoms with Gasteiger partial charge in [0, 0.05) is 6.04 Å². The molecule has 1 aliphatic carbocycles. The number of methoxy groups -OCH3 is 1. The van der Waals surface area contributed by atoms with Crippen molar-refractivity contribution in [3.8, 4) is 11.5 Å². The summed E-state index contributed by atoms with van der Waals surface area (Å²) in [6, 6.07) is 5.67. The lowest BCUT2D eigenvalue weighted by molar-refractivity contribution is -0.150. The third-order valence-corrected chi connectivity index (χ3v) is 3.26. The molecular formula is C17H21NO5. The summed E-state index contributed by atoms with van der Waals surface area (Å²) in [4.78, 5) is 23.0. The van der Waals surface area contributed by atoms with Crippen molar-refractivity contribution >= 4 is 11.9 Å². The van der Waals surface area contributed by atoms with E-state index >= 15 is 0 Å². The fourth-order valence-electron chi connectivity index (χ4n) is 1.95. The normalized spacial score (nSPS) is 13.1. The van der Waals surface area contributed by atoms with Crippen molar-refractivity contribution in [1.82, 2.24) is 5.32 Å². The van der Waals surface area contributed by atoms with Crippen LogP contribution in [-0.2, 0) is 20.7 Å². The van der Waals surface area contributed by atoms with Crippen molar-refractivity contribution in [3.05, 3.63) is 36.4 Å². The zero-order valence-electron chi connectivity index (χ0n) is 13.2. The molecule has 1 amide bonds. The molecule has 2 rings (SSSR count). The number of carbonyl (C=O) groups excluding carboxylic acids is 2. The first-order valence-electron chi connectivity index (χ1n) is 7.48. The highest BCUT2D eigenvalue weighted by Crippen LogP contribution is 2.28. The fourth-order valence-corrected chi connectivity index (χ4v) is 1.95. The second-order valence-electron chi connectivity index (χ2n) is 5.27. The van der Waals surface area contributed by atoms with Crippen molar-refractivity contribution in [2.45, 2.75) is 25.3 Å². The number of hydrogen-bond acceptors (Lipinski definition) is 5. The van der Waals surface area contributed by atoms with Crippen molar-refractivity contribution in [2.24, 2.45) is 0 Å². The van der Waals surface area contributed by atoms with E-state index in [0.29, 0.717) is 11.5 Å². The van der Waals surface area contributed by atoms with Crippen LogP contribution in [0.2, 0.25) is 0 Å². The predicted octanol–water partition coefficient (Wildman–Crippen LogP) is 1.62. The summed E-state index contributed by atoms with van der Waals surface area (Å²) in [5.74, 6) is 0.0868. The van der Waals surface area contributed by atoms with Crippen molar-refractivity contribution < 1.29 is 23.8 Å². The van der Waals surface area contributed by atoms with Crippen molar-refractivity contribution in [1.29, 1.82) is 0 Å². The Balaban J connectivity index is 1.78. The van der Waals surface area contributed by atoms with Crippen LogP contribution in [0.4, 0.5) is 0 Å². The van der Waals surface area contributed by atoms with Gasteiger partial charge in [0.15, 0.2) is 24.7 Å². The van der Waals surface area contributed by atoms with Crippen LogP contribution in [0, 0.1) is 0 Å². The molecule has 6 heteroatoms. The zero-order valence-corrected chi connectivity index (χ0v) is 13.2. The van der Waals surface area contributed by atoms with Crippen LogP contribution in [0.25, 0.3) is 0 Å². The highest BCUT2D eigenvalue weighted by molar-refractivity contribution is 5.81. The van der Waals surface area contributed by atoms with Crippen molar-refractivity contribution in [2.75, 3.05) is 20.3 Å². The molecule has 1 N–H and O–H groups in total. The van der Waals surface area contributed by atoms with E-state index in [1.165, 1.54) is 7.11 Å². The number of hydrogen-bond donors (Lipinski definition) is 1. The molecule has 1 aromatic carbocycles. The smallest absolute Gasteiger partial charge is 0.344 e. The molecule has 1 saturated carbocycles. The molecule has 1 aromatic rings. The Morgan fingerprint density at radius 3 is 2.74 bits per heavy atom. The maximum atomic E-state index is 11.6. The third kappa shape index (κ3) is 5.65. The van der Waals surface area contributed by atoms with Gasteiger partial charge >= 0.3 is 5.97 Å². The van der Waals surface area contributed by atoms with Gasteiger partial charge in [0.1, 0.15) is 0 Å². The number of carbonyl (C=O) groups is 2. The SMILES string of the molecule is C=CCc1ccc(OCC(=O)OCC(=O)NC2CC2)c(OC)c1. The maximum Gasteiger partial charge on any atom is 0.344 e. The minimum atomic E-state index is -0.604. The second-order valence-corrected chi connectivity index (χ2v) is 5.27. The number of benzene rings is 1. The molecule has 23 heavy (non-hydrogen) atoms. The Labute approximate surface area is 135 Å². The van der Waals surface area contributed by atoms with Crippen LogP contribution in [0.15, 0.2) is 30.9 Å². The second kappa shape index (κ2) is 8.22. The summed E-state index contributed by atoms with van der Waals surface area (Å²) >= 11 is 0. The molecule has 0 aromatic heterocycles. The Morgan fingerprint density at radius 1 is 1.30 bits per heavy atom. The Bertz CT molecular complexity index is 580. The molecule has 0 unspecified atom stereocenters. The van der Waals surface area contributed by atoms with Gasteiger partial charge in [0.25, 0.3) is 5.91 Å². The summed E-state index contributed by atoms with van der Waals surface area (Å²) in [5.41, 5.74) is 1.03. The summed E-state index contributed by atoms with van der Waals surface area (Å²) in [6.45, 7) is 3.12. The minimum Gasteiger partial charge on any atom is -0.493 e. The van der Waals surface area contributed by atoms with E-state index in [1.807, 2.05) is 12.1 Å². The van der Waals surface area contributed by atoms with E-state index in [-0.39, 0.29) is 25.2 Å². The van der Waals surface area contributed by atoms with Crippen LogP contribution < -0.4 is 14.8 Å². The van der Waals surface area contributed by atoms with Crippen LogP contribution in [-0.4, -0.2) is 38.2 Å². The summed E-state index contributed by atoms with van der Waals surface area (Å²) in [5, 5.41) is 2.73. The standard InChI is InChI=1S/C17H21NO5/c1-3-4-12-5-8-14(15(9-12)21-2)22-11-17(20)23-10-16(19)18-13-6-7-13/h3,5,8-9,13H,1,4,6-7,10-11H2,2H3,(H,18,19). The molecule has 1 fully saturated rings. The van der Waals surface area contributed by atoms with Crippen LogP contribution in [0.5, 0.6) is 11.5 Å². The molecule has 0 aliphatic heterocycles. The topological polar surface area (TPSA) is 73.9 Å². The van der Waals surface area contributed by atoms with E-state index < -0.39 is 5.97 Å². The van der Waals surface area contributed by atoms with Gasteiger partial charge in [-0.1, -0.05) is 12.1 Å². The average molecular weight is 319 g/mol. The number of allylic oxidation sites excluding steroid dienone is 1. The molecule has 124 valence electrons. The van der Waals surface area contributed by atoms with Crippen molar-refractivity contribution in [3.63, 3.8) is 0 Å². The quantitative estimate of drug-likeness (QED) is 0.553. The monoisotopic (exact) mass is 319 g/mol. The average Bonchev–Trinajstić information content (AvgIpc) is 3.35. The van der Waals surface area contributed by atoms with Gasteiger partial charge < -0.3 is 19.5 Å². The van der Waals surface area contributed by atoms with E-state index in [1.54, 1.807) is 12.1 Å². The Hall–Kier alpha value is -2.50. The molecule has 0 radical (unpaired) electrons. The molecular weight excluding hydrogens is 298 g/mol. The van der Waals surface area contributed by atoms with Crippen LogP contribution in [0.1, 0.15) is 18.4 Å². The summed E-state index contributed by atoms with van der Waals surface area (Å²) < 4.78 is 15.5. The summed E-state index contributed by atoms with van der Waals surface area (Å²) in [6.07, 6.45) is 4.49. The van der Waals surface area contributed by atoms with Gasteiger partial charge in [-0.05, 0) is 37.0 Å². The van der Waals surface area contributed by atoms with E-state index in [4.69, 9.17) is 14.2 Å². The molecule has 0 bridgehead atoms. The first-order chi connectivity index (χ1) is 11.1. The van der Waals surface area contributed by atoms with E-state index in [9.17, 15) is 9.59 Å². The van der Waals surface area contributed by atoms with Gasteiger partial charge in [-0.25, -0.2) is 4.79 Å². The van der Waals surface area contributed by atoms with Gasteiger partial charge in [-0.3, -0.25) is 4.79 Å². The van der Waals surface area contributed by atoms with Gasteiger partial charge in [-0.15, -0.1) is 6.58 Å². The number of amides is 1. The Kier molecular flexibility index (Phi) is 6.02. The first-order valence-corrected chi connectivity index (χ1v) is 7.48. The molecule has 0 atom stereocenters. The maximum absolute atomic E-state index is 11.6. The highest BCUT2D eigenvalue weighted by atomic mass is 16.6. The summed E-state index contributed by atoms with van der Waals surface area (Å²) in [7, 11) is 1.53. The lowest BCUT2D eigenvalue weighted by atomic mass is 10.1. The highest BCUT2D eigenvalue weighted by Gasteiger charge is 2.23. The molecule has 0 spiro atoms. The predicted molar refractivity (Wildman–Crippen MR) is 84.5 cm³/mol. The fraction of sp³-hybridized carbons (Fsp3) is 0.412. The lowest BCUT2D eigenvalue weighted by Gasteiger charge is -2.11. The van der Waals surface area contributed by atoms with Gasteiger partial charge in [0.2, 0.25) is 0 Å². The molecule has 1 aliphatic rings. The third-order valence-electron chi connectivity index (χ3n) is 3.26. The number of rotatable bonds is 9. The Morgan fingerprint density at radius 2 is 2.09 bits per heavy atom. The van der Waals surface area contributed by atoms with E-state index in [2.05, 4.69) is 11.9 Å². The minimum absolute atomic E-state index is 0.246. The lowest BCUT2D eigenvalue weighted by Crippen LogP contribution is -2.31. The van der Waals surface area contributed by atoms with E-state index in [0.717, 1.165) is 24.8 Å². The van der Waals surface area contributed by atoms with Gasteiger partial charge in [-0.2, -0.15) is 0 Å². The number of esters is 1. The molecule has 0 saturated heterocycles. The first kappa shape index (κ1) is 16.9. The number of nitrogens with one attached hydrogen (secondary N) is 1.